The molecule has 3 atom stereocenters. The predicted molar refractivity (Wildman–Crippen MR) is 84.8 cm³/mol. The molecule has 2 saturated heterocycles. The number of fused-ring (bicyclic) bond motifs is 1. The number of pyridine rings is 1. The van der Waals surface area contributed by atoms with E-state index in [1.54, 1.807) is 6.20 Å². The zero-order chi connectivity index (χ0) is 15.1. The Labute approximate surface area is 134 Å². The van der Waals surface area contributed by atoms with Gasteiger partial charge in [-0.1, -0.05) is 17.7 Å². The van der Waals surface area contributed by atoms with Crippen molar-refractivity contribution in [2.75, 3.05) is 11.4 Å². The minimum absolute atomic E-state index is 0.00725. The van der Waals surface area contributed by atoms with Crippen LogP contribution < -0.4 is 9.80 Å². The predicted octanol–water partition coefficient (Wildman–Crippen LogP) is 1.83. The van der Waals surface area contributed by atoms with Crippen LogP contribution in [-0.2, 0) is 4.79 Å². The fourth-order valence-corrected chi connectivity index (χ4v) is 3.82. The summed E-state index contributed by atoms with van der Waals surface area (Å²) in [5.74, 6) is 0.917. The number of aromatic nitrogens is 1. The Bertz CT molecular complexity index is 689. The van der Waals surface area contributed by atoms with E-state index in [1.165, 1.54) is 4.90 Å². The van der Waals surface area contributed by atoms with E-state index in [0.717, 1.165) is 30.8 Å². The van der Waals surface area contributed by atoms with E-state index in [9.17, 15) is 4.79 Å². The van der Waals surface area contributed by atoms with Crippen molar-refractivity contribution in [2.24, 2.45) is 0 Å². The number of amides is 1. The number of nitrogens with zero attached hydrogens (tertiary/aromatic N) is 2. The summed E-state index contributed by atoms with van der Waals surface area (Å²) in [6.07, 6.45) is 3.79. The minimum Gasteiger partial charge on any atom is -0.301 e. The van der Waals surface area contributed by atoms with E-state index >= 15 is 0 Å². The second kappa shape index (κ2) is 5.38. The molecule has 4 rings (SSSR count). The molecule has 5 heteroatoms. The molecule has 1 amide bonds. The van der Waals surface area contributed by atoms with E-state index in [1.807, 2.05) is 47.4 Å². The summed E-state index contributed by atoms with van der Waals surface area (Å²) in [6, 6.07) is 13.6. The van der Waals surface area contributed by atoms with Crippen LogP contribution in [0, 0.1) is 0 Å². The standard InChI is InChI=1S/C17H16ClN3O/c18-13-8-6-12(7-9-13)16-20-11-3-4-14(20)17(22)21(16)15-5-1-2-10-19-15/h1-2,5-10,14,16H,3-4,11H2/p+1. The van der Waals surface area contributed by atoms with E-state index < -0.39 is 0 Å². The van der Waals surface area contributed by atoms with Crippen LogP contribution in [0.3, 0.4) is 0 Å². The second-order valence-electron chi connectivity index (χ2n) is 5.87. The average Bonchev–Trinajstić information content (AvgIpc) is 3.12. The van der Waals surface area contributed by atoms with Gasteiger partial charge in [-0.2, -0.15) is 0 Å². The number of hydrogen-bond acceptors (Lipinski definition) is 2. The lowest BCUT2D eigenvalue weighted by Crippen LogP contribution is -3.12. The molecule has 22 heavy (non-hydrogen) atoms. The molecule has 3 heterocycles. The molecule has 4 nitrogen and oxygen atoms in total. The van der Waals surface area contributed by atoms with Gasteiger partial charge in [-0.05, 0) is 36.4 Å². The average molecular weight is 315 g/mol. The Morgan fingerprint density at radius 3 is 2.73 bits per heavy atom. The van der Waals surface area contributed by atoms with Crippen molar-refractivity contribution in [1.29, 1.82) is 0 Å². The van der Waals surface area contributed by atoms with Gasteiger partial charge in [0, 0.05) is 29.6 Å². The highest BCUT2D eigenvalue weighted by Crippen LogP contribution is 2.29. The van der Waals surface area contributed by atoms with E-state index in [0.29, 0.717) is 5.02 Å². The van der Waals surface area contributed by atoms with Crippen LogP contribution in [0.4, 0.5) is 5.82 Å². The number of carbonyl (C=O) groups excluding carboxylic acids is 1. The first-order chi connectivity index (χ1) is 10.8. The number of halogens is 1. The molecule has 0 bridgehead atoms. The third kappa shape index (κ3) is 2.11. The van der Waals surface area contributed by atoms with E-state index in [4.69, 9.17) is 11.6 Å². The molecule has 3 unspecified atom stereocenters. The quantitative estimate of drug-likeness (QED) is 0.918. The summed E-state index contributed by atoms with van der Waals surface area (Å²) in [7, 11) is 0. The van der Waals surface area contributed by atoms with Crippen molar-refractivity contribution in [3.63, 3.8) is 0 Å². The monoisotopic (exact) mass is 314 g/mol. The maximum atomic E-state index is 12.9. The van der Waals surface area contributed by atoms with Gasteiger partial charge in [0.25, 0.3) is 5.91 Å². The molecule has 2 aliphatic rings. The SMILES string of the molecule is O=C1C2CCC[NH+]2C(c2ccc(Cl)cc2)N1c1ccccn1. The molecule has 2 fully saturated rings. The summed E-state index contributed by atoms with van der Waals surface area (Å²) in [6.45, 7) is 1.02. The number of benzene rings is 1. The Balaban J connectivity index is 1.80. The van der Waals surface area contributed by atoms with Gasteiger partial charge in [0.2, 0.25) is 0 Å². The van der Waals surface area contributed by atoms with Gasteiger partial charge >= 0.3 is 0 Å². The summed E-state index contributed by atoms with van der Waals surface area (Å²) in [4.78, 5) is 20.5. The van der Waals surface area contributed by atoms with Gasteiger partial charge < -0.3 is 4.90 Å². The Kier molecular flexibility index (Phi) is 3.36. The molecule has 0 spiro atoms. The maximum Gasteiger partial charge on any atom is 0.291 e. The van der Waals surface area contributed by atoms with Gasteiger partial charge in [0.15, 0.2) is 12.2 Å². The summed E-state index contributed by atoms with van der Waals surface area (Å²) in [5, 5.41) is 0.713. The highest BCUT2D eigenvalue weighted by atomic mass is 35.5. The Hall–Kier alpha value is -1.91. The molecular formula is C17H17ClN3O+. The lowest BCUT2D eigenvalue weighted by atomic mass is 10.1. The zero-order valence-corrected chi connectivity index (χ0v) is 12.8. The largest absolute Gasteiger partial charge is 0.301 e. The Morgan fingerprint density at radius 1 is 1.18 bits per heavy atom. The lowest BCUT2D eigenvalue weighted by molar-refractivity contribution is -0.924. The highest BCUT2D eigenvalue weighted by Gasteiger charge is 2.53. The van der Waals surface area contributed by atoms with Gasteiger partial charge in [0.05, 0.1) is 6.54 Å². The van der Waals surface area contributed by atoms with Crippen LogP contribution in [0.25, 0.3) is 0 Å². The smallest absolute Gasteiger partial charge is 0.291 e. The van der Waals surface area contributed by atoms with Crippen LogP contribution in [0.2, 0.25) is 5.02 Å². The topological polar surface area (TPSA) is 37.6 Å². The first-order valence-electron chi connectivity index (χ1n) is 7.61. The van der Waals surface area contributed by atoms with Crippen LogP contribution in [0.5, 0.6) is 0 Å². The summed E-state index contributed by atoms with van der Waals surface area (Å²) < 4.78 is 0. The van der Waals surface area contributed by atoms with Gasteiger partial charge in [-0.25, -0.2) is 9.88 Å². The maximum absolute atomic E-state index is 12.9. The molecular weight excluding hydrogens is 298 g/mol. The second-order valence-corrected chi connectivity index (χ2v) is 6.31. The van der Waals surface area contributed by atoms with Crippen LogP contribution in [-0.4, -0.2) is 23.5 Å². The van der Waals surface area contributed by atoms with Crippen LogP contribution in [0.15, 0.2) is 48.7 Å². The molecule has 1 N–H and O–H groups in total. The summed E-state index contributed by atoms with van der Waals surface area (Å²) >= 11 is 6.01. The lowest BCUT2D eigenvalue weighted by Gasteiger charge is -2.25. The normalized spacial score (nSPS) is 27.2. The number of hydrogen-bond donors (Lipinski definition) is 1. The van der Waals surface area contributed by atoms with Crippen molar-refractivity contribution in [3.05, 3.63) is 59.2 Å². The Morgan fingerprint density at radius 2 is 2.00 bits per heavy atom. The molecule has 1 aromatic heterocycles. The fourth-order valence-electron chi connectivity index (χ4n) is 3.69. The summed E-state index contributed by atoms with van der Waals surface area (Å²) in [5.41, 5.74) is 1.11. The number of quaternary nitrogens is 1. The number of rotatable bonds is 2. The highest BCUT2D eigenvalue weighted by molar-refractivity contribution is 6.30. The van der Waals surface area contributed by atoms with Crippen molar-refractivity contribution < 1.29 is 9.69 Å². The minimum atomic E-state index is -0.00725. The molecule has 112 valence electrons. The third-order valence-electron chi connectivity index (χ3n) is 4.63. The zero-order valence-electron chi connectivity index (χ0n) is 12.1. The molecule has 0 saturated carbocycles. The van der Waals surface area contributed by atoms with Crippen molar-refractivity contribution in [2.45, 2.75) is 25.0 Å². The number of anilines is 1. The van der Waals surface area contributed by atoms with Crippen LogP contribution >= 0.6 is 11.6 Å². The molecule has 1 aromatic carbocycles. The van der Waals surface area contributed by atoms with Gasteiger partial charge in [-0.15, -0.1) is 0 Å². The van der Waals surface area contributed by atoms with Crippen molar-refractivity contribution in [3.8, 4) is 0 Å². The molecule has 0 radical (unpaired) electrons. The fraction of sp³-hybridized carbons (Fsp3) is 0.294. The molecule has 0 aliphatic carbocycles. The van der Waals surface area contributed by atoms with Crippen LogP contribution in [0.1, 0.15) is 24.6 Å². The van der Waals surface area contributed by atoms with E-state index in [2.05, 4.69) is 4.98 Å². The van der Waals surface area contributed by atoms with Gasteiger partial charge in [0.1, 0.15) is 5.82 Å². The first kappa shape index (κ1) is 13.7. The number of nitrogens with one attached hydrogen (secondary N) is 1. The first-order valence-corrected chi connectivity index (χ1v) is 7.98. The molecule has 2 aromatic rings. The number of carbonyl (C=O) groups is 1. The third-order valence-corrected chi connectivity index (χ3v) is 4.88. The van der Waals surface area contributed by atoms with Crippen molar-refractivity contribution in [1.82, 2.24) is 4.98 Å². The van der Waals surface area contributed by atoms with E-state index in [-0.39, 0.29) is 18.1 Å². The van der Waals surface area contributed by atoms with Gasteiger partial charge in [-0.3, -0.25) is 4.79 Å². The molecule has 2 aliphatic heterocycles. The van der Waals surface area contributed by atoms with Crippen molar-refractivity contribution >= 4 is 23.3 Å².